The van der Waals surface area contributed by atoms with E-state index in [-0.39, 0.29) is 12.5 Å². The van der Waals surface area contributed by atoms with Crippen LogP contribution in [0.5, 0.6) is 0 Å². The number of hydrogen-bond donors (Lipinski definition) is 0. The summed E-state index contributed by atoms with van der Waals surface area (Å²) < 4.78 is 5.18. The standard InChI is InChI=1S/C10H16N2O2/c1-10(2,3)14-9(13)8-12-6-4-11-5-7-12/h4-6H,7-8H2,1-3H3. The first-order valence-electron chi connectivity index (χ1n) is 4.61. The summed E-state index contributed by atoms with van der Waals surface area (Å²) >= 11 is 0. The lowest BCUT2D eigenvalue weighted by Gasteiger charge is -2.23. The van der Waals surface area contributed by atoms with Crippen LogP contribution in [0.15, 0.2) is 17.4 Å². The highest BCUT2D eigenvalue weighted by Crippen LogP contribution is 2.07. The molecule has 0 aliphatic carbocycles. The smallest absolute Gasteiger partial charge is 0.326 e. The maximum atomic E-state index is 11.4. The van der Waals surface area contributed by atoms with E-state index >= 15 is 0 Å². The fraction of sp³-hybridized carbons (Fsp3) is 0.600. The Bertz CT molecular complexity index is 264. The van der Waals surface area contributed by atoms with Gasteiger partial charge in [-0.1, -0.05) is 0 Å². The highest BCUT2D eigenvalue weighted by molar-refractivity contribution is 5.73. The Morgan fingerprint density at radius 3 is 2.79 bits per heavy atom. The van der Waals surface area contributed by atoms with Gasteiger partial charge in [0.15, 0.2) is 0 Å². The van der Waals surface area contributed by atoms with Crippen molar-refractivity contribution in [3.8, 4) is 0 Å². The van der Waals surface area contributed by atoms with Gasteiger partial charge in [0.25, 0.3) is 0 Å². The topological polar surface area (TPSA) is 41.9 Å². The Labute approximate surface area is 84.3 Å². The van der Waals surface area contributed by atoms with Gasteiger partial charge < -0.3 is 9.64 Å². The number of hydrogen-bond acceptors (Lipinski definition) is 4. The molecule has 4 heteroatoms. The summed E-state index contributed by atoms with van der Waals surface area (Å²) in [6, 6.07) is 0. The van der Waals surface area contributed by atoms with E-state index in [9.17, 15) is 4.79 Å². The number of aliphatic imine (C=N–C) groups is 1. The second-order valence-corrected chi connectivity index (χ2v) is 4.15. The minimum atomic E-state index is -0.412. The van der Waals surface area contributed by atoms with E-state index in [1.165, 1.54) is 0 Å². The Kier molecular flexibility index (Phi) is 3.28. The first-order chi connectivity index (χ1) is 6.47. The van der Waals surface area contributed by atoms with Crippen LogP contribution in [0.2, 0.25) is 0 Å². The third-order valence-corrected chi connectivity index (χ3v) is 1.54. The average Bonchev–Trinajstić information content (AvgIpc) is 2.02. The highest BCUT2D eigenvalue weighted by Gasteiger charge is 2.17. The van der Waals surface area contributed by atoms with Crippen LogP contribution in [-0.2, 0) is 9.53 Å². The molecule has 0 spiro atoms. The highest BCUT2D eigenvalue weighted by atomic mass is 16.6. The van der Waals surface area contributed by atoms with Crippen LogP contribution in [-0.4, -0.2) is 35.8 Å². The van der Waals surface area contributed by atoms with Crippen molar-refractivity contribution >= 4 is 12.2 Å². The van der Waals surface area contributed by atoms with E-state index in [2.05, 4.69) is 4.99 Å². The zero-order chi connectivity index (χ0) is 10.6. The molecule has 0 radical (unpaired) electrons. The van der Waals surface area contributed by atoms with Gasteiger partial charge in [-0.25, -0.2) is 0 Å². The number of nitrogens with zero attached hydrogens (tertiary/aromatic N) is 2. The predicted octanol–water partition coefficient (Wildman–Crippen LogP) is 1.19. The van der Waals surface area contributed by atoms with Gasteiger partial charge >= 0.3 is 5.97 Å². The largest absolute Gasteiger partial charge is 0.459 e. The first kappa shape index (κ1) is 10.8. The first-order valence-corrected chi connectivity index (χ1v) is 4.61. The van der Waals surface area contributed by atoms with Crippen molar-refractivity contribution in [1.82, 2.24) is 4.90 Å². The van der Waals surface area contributed by atoms with Crippen molar-refractivity contribution in [3.05, 3.63) is 12.4 Å². The molecule has 1 aliphatic heterocycles. The van der Waals surface area contributed by atoms with Gasteiger partial charge in [0.1, 0.15) is 12.1 Å². The van der Waals surface area contributed by atoms with E-state index in [0.717, 1.165) is 0 Å². The maximum absolute atomic E-state index is 11.4. The summed E-state index contributed by atoms with van der Waals surface area (Å²) in [6.45, 7) is 6.52. The molecule has 1 aliphatic rings. The summed E-state index contributed by atoms with van der Waals surface area (Å²) in [5.74, 6) is -0.211. The van der Waals surface area contributed by atoms with Crippen LogP contribution in [0, 0.1) is 0 Å². The molecule has 4 nitrogen and oxygen atoms in total. The SMILES string of the molecule is CC(C)(C)OC(=O)CN1C=CN=CC1. The normalized spacial score (nSPS) is 15.8. The zero-order valence-electron chi connectivity index (χ0n) is 8.86. The van der Waals surface area contributed by atoms with Crippen LogP contribution in [0.3, 0.4) is 0 Å². The van der Waals surface area contributed by atoms with Gasteiger partial charge in [0.05, 0.1) is 6.54 Å². The van der Waals surface area contributed by atoms with E-state index in [1.807, 2.05) is 25.7 Å². The molecule has 0 atom stereocenters. The average molecular weight is 196 g/mol. The lowest BCUT2D eigenvalue weighted by molar-refractivity contribution is -0.155. The Morgan fingerprint density at radius 1 is 1.57 bits per heavy atom. The minimum absolute atomic E-state index is 0.211. The lowest BCUT2D eigenvalue weighted by Crippen LogP contribution is -2.33. The number of carbonyl (C=O) groups excluding carboxylic acids is 1. The van der Waals surface area contributed by atoms with Crippen LogP contribution >= 0.6 is 0 Å². The number of ether oxygens (including phenoxy) is 1. The molecule has 0 bridgehead atoms. The molecule has 0 aromatic rings. The zero-order valence-corrected chi connectivity index (χ0v) is 8.86. The fourth-order valence-electron chi connectivity index (χ4n) is 1.06. The Balaban J connectivity index is 2.34. The Hall–Kier alpha value is -1.32. The summed E-state index contributed by atoms with van der Waals surface area (Å²) in [7, 11) is 0. The third-order valence-electron chi connectivity index (χ3n) is 1.54. The second-order valence-electron chi connectivity index (χ2n) is 4.15. The van der Waals surface area contributed by atoms with Crippen molar-refractivity contribution in [2.75, 3.05) is 13.1 Å². The summed E-state index contributed by atoms with van der Waals surface area (Å²) in [6.07, 6.45) is 5.20. The Morgan fingerprint density at radius 2 is 2.29 bits per heavy atom. The van der Waals surface area contributed by atoms with Gasteiger partial charge in [0.2, 0.25) is 0 Å². The molecule has 0 amide bonds. The molecule has 0 unspecified atom stereocenters. The van der Waals surface area contributed by atoms with E-state index in [1.54, 1.807) is 18.6 Å². The minimum Gasteiger partial charge on any atom is -0.459 e. The molecule has 1 rings (SSSR count). The number of rotatable bonds is 2. The molecule has 0 fully saturated rings. The van der Waals surface area contributed by atoms with Gasteiger partial charge in [-0.15, -0.1) is 0 Å². The molecule has 1 heterocycles. The third kappa shape index (κ3) is 4.07. The quantitative estimate of drug-likeness (QED) is 0.623. The van der Waals surface area contributed by atoms with Gasteiger partial charge in [-0.05, 0) is 20.8 Å². The molecule has 0 saturated heterocycles. The summed E-state index contributed by atoms with van der Waals surface area (Å²) in [4.78, 5) is 17.1. The van der Waals surface area contributed by atoms with Crippen LogP contribution in [0.4, 0.5) is 0 Å². The molecular formula is C10H16N2O2. The lowest BCUT2D eigenvalue weighted by atomic mass is 10.2. The number of carbonyl (C=O) groups is 1. The van der Waals surface area contributed by atoms with Gasteiger partial charge in [-0.2, -0.15) is 0 Å². The van der Waals surface area contributed by atoms with Crippen molar-refractivity contribution in [3.63, 3.8) is 0 Å². The molecule has 0 N–H and O–H groups in total. The van der Waals surface area contributed by atoms with E-state index in [4.69, 9.17) is 4.74 Å². The predicted molar refractivity (Wildman–Crippen MR) is 55.1 cm³/mol. The fourth-order valence-corrected chi connectivity index (χ4v) is 1.06. The molecule has 0 aromatic carbocycles. The van der Waals surface area contributed by atoms with E-state index in [0.29, 0.717) is 6.54 Å². The molecule has 0 saturated carbocycles. The van der Waals surface area contributed by atoms with Crippen LogP contribution < -0.4 is 0 Å². The van der Waals surface area contributed by atoms with Gasteiger partial charge in [0, 0.05) is 18.6 Å². The van der Waals surface area contributed by atoms with Crippen LogP contribution in [0.25, 0.3) is 0 Å². The monoisotopic (exact) mass is 196 g/mol. The second kappa shape index (κ2) is 4.26. The summed E-state index contributed by atoms with van der Waals surface area (Å²) in [5, 5.41) is 0. The molecule has 78 valence electrons. The van der Waals surface area contributed by atoms with Crippen molar-refractivity contribution in [2.45, 2.75) is 26.4 Å². The molecule has 0 aromatic heterocycles. The van der Waals surface area contributed by atoms with Crippen molar-refractivity contribution in [2.24, 2.45) is 4.99 Å². The molecule has 14 heavy (non-hydrogen) atoms. The van der Waals surface area contributed by atoms with Crippen LogP contribution in [0.1, 0.15) is 20.8 Å². The maximum Gasteiger partial charge on any atom is 0.326 e. The van der Waals surface area contributed by atoms with Crippen molar-refractivity contribution < 1.29 is 9.53 Å². The van der Waals surface area contributed by atoms with E-state index < -0.39 is 5.60 Å². The van der Waals surface area contributed by atoms with Crippen molar-refractivity contribution in [1.29, 1.82) is 0 Å². The molecular weight excluding hydrogens is 180 g/mol. The number of esters is 1. The summed E-state index contributed by atoms with van der Waals surface area (Å²) in [5.41, 5.74) is -0.412. The van der Waals surface area contributed by atoms with Gasteiger partial charge in [-0.3, -0.25) is 9.79 Å².